The summed E-state index contributed by atoms with van der Waals surface area (Å²) < 4.78 is 5.26. The third-order valence-electron chi connectivity index (χ3n) is 10.4. The van der Waals surface area contributed by atoms with E-state index in [0.29, 0.717) is 0 Å². The highest BCUT2D eigenvalue weighted by Gasteiger charge is 2.75. The lowest BCUT2D eigenvalue weighted by molar-refractivity contribution is -0.697. The monoisotopic (exact) mass is 540 g/mol. The van der Waals surface area contributed by atoms with Crippen LogP contribution in [0.15, 0.2) is 30.6 Å². The Bertz CT molecular complexity index is 1570. The van der Waals surface area contributed by atoms with Crippen LogP contribution in [0.1, 0.15) is 155 Å². The van der Waals surface area contributed by atoms with Crippen molar-refractivity contribution in [3.63, 3.8) is 0 Å². The first kappa shape index (κ1) is 29.1. The molecule has 40 heavy (non-hydrogen) atoms. The van der Waals surface area contributed by atoms with Crippen LogP contribution in [0.25, 0.3) is 27.5 Å². The molecule has 3 aliphatic carbocycles. The molecule has 0 radical (unpaired) electrons. The number of nitrogens with zero attached hydrogens (tertiary/aromatic N) is 3. The van der Waals surface area contributed by atoms with E-state index >= 15 is 0 Å². The van der Waals surface area contributed by atoms with E-state index in [1.165, 1.54) is 72.7 Å². The Morgan fingerprint density at radius 2 is 1.65 bits per heavy atom. The van der Waals surface area contributed by atoms with Crippen LogP contribution in [-0.2, 0) is 16.4 Å². The summed E-state index contributed by atoms with van der Waals surface area (Å²) in [6, 6.07) is 7.39. The Labute approximate surface area is 243 Å². The average molecular weight is 541 g/mol. The van der Waals surface area contributed by atoms with Crippen molar-refractivity contribution in [1.82, 2.24) is 9.38 Å². The predicted molar refractivity (Wildman–Crippen MR) is 172 cm³/mol. The van der Waals surface area contributed by atoms with Gasteiger partial charge in [-0.05, 0) is 72.1 Å². The molecule has 4 heterocycles. The van der Waals surface area contributed by atoms with Crippen molar-refractivity contribution >= 4 is 27.5 Å². The van der Waals surface area contributed by atoms with E-state index in [-0.39, 0.29) is 16.4 Å². The summed E-state index contributed by atoms with van der Waals surface area (Å²) in [5, 5.41) is 3.02. The van der Waals surface area contributed by atoms with E-state index in [2.05, 4.69) is 88.0 Å². The lowest BCUT2D eigenvalue weighted by atomic mass is 9.74. The van der Waals surface area contributed by atoms with Gasteiger partial charge in [0, 0.05) is 23.3 Å². The van der Waals surface area contributed by atoms with E-state index in [9.17, 15) is 0 Å². The van der Waals surface area contributed by atoms with Crippen molar-refractivity contribution in [1.29, 1.82) is 0 Å². The zero-order chi connectivity index (χ0) is 29.2. The number of aromatic nitrogens is 3. The molecule has 4 unspecified atom stereocenters. The van der Waals surface area contributed by atoms with Crippen LogP contribution in [0.4, 0.5) is 0 Å². The molecule has 2 bridgehead atoms. The summed E-state index contributed by atoms with van der Waals surface area (Å²) in [4.78, 5) is 4.95. The highest BCUT2D eigenvalue weighted by Crippen LogP contribution is 2.71. The summed E-state index contributed by atoms with van der Waals surface area (Å²) in [6.07, 6.45) is 13.6. The van der Waals surface area contributed by atoms with Crippen molar-refractivity contribution in [3.05, 3.63) is 53.0 Å². The van der Waals surface area contributed by atoms with Crippen LogP contribution in [-0.4, -0.2) is 9.38 Å². The molecule has 0 spiro atoms. The number of imidazole rings is 1. The third kappa shape index (κ3) is 3.54. The highest BCUT2D eigenvalue weighted by atomic mass is 15.2. The lowest BCUT2D eigenvalue weighted by Gasteiger charge is -2.32. The summed E-state index contributed by atoms with van der Waals surface area (Å²) in [6.45, 7) is 24.0. The van der Waals surface area contributed by atoms with Gasteiger partial charge >= 0.3 is 0 Å². The number of rotatable bonds is 2. The Hall–Kier alpha value is -2.42. The Kier molecular flexibility index (Phi) is 7.37. The van der Waals surface area contributed by atoms with Crippen LogP contribution >= 0.6 is 0 Å². The molecule has 4 aromatic rings. The van der Waals surface area contributed by atoms with Crippen molar-refractivity contribution < 1.29 is 4.57 Å². The van der Waals surface area contributed by atoms with Gasteiger partial charge in [0.05, 0.1) is 23.5 Å². The standard InChI is InChI=1S/C30H34N3.C3H8.2C2H6/c1-6-29-16-30(29,7-2)33-21-14-23(28(3,4)5)31-15-22(21)32-11-10-19-13-20-17-8-9-18(12-17)24(20)26(29)25(19)27(32)33;1-3-2;2*1-2/h10-11,13-15,17-18H,6-9,12,16H2,1-5H3;3H2,1-2H3;2*1-2H3/q+1;;;. The second kappa shape index (κ2) is 10.1. The number of hydrogen-bond donors (Lipinski definition) is 0. The largest absolute Gasteiger partial charge is 0.296 e. The molecule has 1 aliphatic heterocycles. The van der Waals surface area contributed by atoms with E-state index in [0.717, 1.165) is 11.8 Å². The normalized spacial score (nSPS) is 26.5. The molecule has 2 saturated carbocycles. The van der Waals surface area contributed by atoms with Crippen molar-refractivity contribution in [3.8, 4) is 0 Å². The van der Waals surface area contributed by atoms with E-state index < -0.39 is 0 Å². The van der Waals surface area contributed by atoms with Gasteiger partial charge in [0.1, 0.15) is 5.54 Å². The summed E-state index contributed by atoms with van der Waals surface area (Å²) in [5.74, 6) is 1.61. The molecule has 0 amide bonds. The molecule has 0 N–H and O–H groups in total. The molecule has 4 atom stereocenters. The van der Waals surface area contributed by atoms with Gasteiger partial charge in [0.25, 0.3) is 5.65 Å². The zero-order valence-corrected chi connectivity index (χ0v) is 27.3. The fraction of sp³-hybridized carbons (Fsp3) is 0.622. The van der Waals surface area contributed by atoms with Gasteiger partial charge in [0.15, 0.2) is 11.0 Å². The van der Waals surface area contributed by atoms with Gasteiger partial charge in [-0.1, -0.05) is 88.6 Å². The first-order chi connectivity index (χ1) is 19.3. The van der Waals surface area contributed by atoms with Crippen molar-refractivity contribution in [2.75, 3.05) is 0 Å². The average Bonchev–Trinajstić information content (AvgIpc) is 3.24. The van der Waals surface area contributed by atoms with Gasteiger partial charge in [-0.3, -0.25) is 4.98 Å². The van der Waals surface area contributed by atoms with Gasteiger partial charge in [0.2, 0.25) is 0 Å². The number of pyridine rings is 2. The van der Waals surface area contributed by atoms with Crippen LogP contribution in [0.5, 0.6) is 0 Å². The first-order valence-electron chi connectivity index (χ1n) is 16.6. The van der Waals surface area contributed by atoms with Gasteiger partial charge in [-0.15, -0.1) is 0 Å². The minimum Gasteiger partial charge on any atom is -0.256 e. The van der Waals surface area contributed by atoms with E-state index in [1.807, 2.05) is 27.7 Å². The third-order valence-corrected chi connectivity index (χ3v) is 10.4. The number of fused-ring (bicyclic) bond motifs is 12. The van der Waals surface area contributed by atoms with Gasteiger partial charge in [-0.25, -0.2) is 4.57 Å². The fourth-order valence-electron chi connectivity index (χ4n) is 8.76. The van der Waals surface area contributed by atoms with Crippen LogP contribution in [0, 0.1) is 0 Å². The lowest BCUT2D eigenvalue weighted by Crippen LogP contribution is -2.53. The zero-order valence-electron chi connectivity index (χ0n) is 27.3. The number of hydrogen-bond acceptors (Lipinski definition) is 1. The maximum Gasteiger partial charge on any atom is 0.296 e. The minimum atomic E-state index is 0.0440. The molecule has 3 nitrogen and oxygen atoms in total. The molecule has 4 aliphatic rings. The summed E-state index contributed by atoms with van der Waals surface area (Å²) >= 11 is 0. The smallest absolute Gasteiger partial charge is 0.256 e. The summed E-state index contributed by atoms with van der Waals surface area (Å²) in [5.41, 5.74) is 11.1. The second-order valence-electron chi connectivity index (χ2n) is 13.3. The van der Waals surface area contributed by atoms with E-state index in [1.54, 1.807) is 22.1 Å². The molecule has 3 aromatic heterocycles. The number of benzene rings is 1. The minimum absolute atomic E-state index is 0.0440. The highest BCUT2D eigenvalue weighted by molar-refractivity contribution is 6.02. The van der Waals surface area contributed by atoms with Gasteiger partial charge < -0.3 is 0 Å². The van der Waals surface area contributed by atoms with Crippen molar-refractivity contribution in [2.45, 2.75) is 149 Å². The molecule has 216 valence electrons. The van der Waals surface area contributed by atoms with Gasteiger partial charge in [-0.2, -0.15) is 4.40 Å². The quantitative estimate of drug-likeness (QED) is 0.232. The maximum absolute atomic E-state index is 4.95. The first-order valence-corrected chi connectivity index (χ1v) is 16.6. The fourth-order valence-corrected chi connectivity index (χ4v) is 8.76. The SMILES string of the molecule is CC.CC.CCC.CCC12CC1(CC)[n+]1c3cc(C(C)(C)C)ncc3n3ccc4cc5c(c2c4c31)C1CCC5C1. The Morgan fingerprint density at radius 1 is 0.975 bits per heavy atom. The Morgan fingerprint density at radius 3 is 2.27 bits per heavy atom. The van der Waals surface area contributed by atoms with Crippen LogP contribution < -0.4 is 4.57 Å². The van der Waals surface area contributed by atoms with Crippen molar-refractivity contribution in [2.24, 2.45) is 0 Å². The van der Waals surface area contributed by atoms with Crippen LogP contribution in [0.2, 0.25) is 0 Å². The topological polar surface area (TPSA) is 21.2 Å². The molecule has 8 rings (SSSR count). The Balaban J connectivity index is 0.000000427. The second-order valence-corrected chi connectivity index (χ2v) is 13.3. The molecular formula is C37H54N3+. The molecule has 0 saturated heterocycles. The predicted octanol–water partition coefficient (Wildman–Crippen LogP) is 10.2. The summed E-state index contributed by atoms with van der Waals surface area (Å²) in [7, 11) is 0. The maximum atomic E-state index is 4.95. The molecular weight excluding hydrogens is 486 g/mol. The molecule has 2 fully saturated rings. The molecule has 1 aromatic carbocycles. The molecule has 3 heteroatoms. The van der Waals surface area contributed by atoms with Crippen LogP contribution in [0.3, 0.4) is 0 Å². The van der Waals surface area contributed by atoms with E-state index in [4.69, 9.17) is 4.98 Å².